The van der Waals surface area contributed by atoms with Gasteiger partial charge in [0.25, 0.3) is 5.91 Å². The molecule has 1 aliphatic rings. The first kappa shape index (κ1) is 15.7. The number of rotatable bonds is 5. The molecule has 0 atom stereocenters. The van der Waals surface area contributed by atoms with E-state index < -0.39 is 0 Å². The van der Waals surface area contributed by atoms with Gasteiger partial charge < -0.3 is 10.1 Å². The first-order chi connectivity index (χ1) is 11.2. The molecule has 1 N–H and O–H groups in total. The van der Waals surface area contributed by atoms with E-state index in [1.165, 1.54) is 20.0 Å². The van der Waals surface area contributed by atoms with Crippen molar-refractivity contribution < 1.29 is 9.53 Å². The van der Waals surface area contributed by atoms with E-state index >= 15 is 0 Å². The van der Waals surface area contributed by atoms with Gasteiger partial charge in [-0.25, -0.2) is 4.68 Å². The summed E-state index contributed by atoms with van der Waals surface area (Å²) in [5, 5.41) is 15.1. The lowest BCUT2D eigenvalue weighted by Gasteiger charge is -2.12. The maximum atomic E-state index is 12.4. The van der Waals surface area contributed by atoms with E-state index in [-0.39, 0.29) is 12.5 Å². The van der Waals surface area contributed by atoms with Crippen LogP contribution in [0.3, 0.4) is 0 Å². The predicted molar refractivity (Wildman–Crippen MR) is 84.5 cm³/mol. The Bertz CT molecular complexity index is 697. The lowest BCUT2D eigenvalue weighted by Crippen LogP contribution is -2.26. The van der Waals surface area contributed by atoms with Gasteiger partial charge >= 0.3 is 0 Å². The summed E-state index contributed by atoms with van der Waals surface area (Å²) >= 11 is 5.96. The number of amides is 1. The smallest absolute Gasteiger partial charge is 0.255 e. The zero-order chi connectivity index (χ0) is 16.2. The molecule has 0 aliphatic heterocycles. The van der Waals surface area contributed by atoms with Crippen molar-refractivity contribution in [1.82, 2.24) is 25.5 Å². The third kappa shape index (κ3) is 3.44. The second-order valence-corrected chi connectivity index (χ2v) is 5.94. The van der Waals surface area contributed by atoms with Gasteiger partial charge in [-0.15, -0.1) is 5.10 Å². The zero-order valence-electron chi connectivity index (χ0n) is 12.8. The van der Waals surface area contributed by atoms with E-state index in [0.29, 0.717) is 28.2 Å². The van der Waals surface area contributed by atoms with E-state index in [1.54, 1.807) is 18.2 Å². The van der Waals surface area contributed by atoms with E-state index in [9.17, 15) is 4.79 Å². The average Bonchev–Trinajstić information content (AvgIpc) is 3.23. The molecule has 2 aromatic rings. The minimum absolute atomic E-state index is 0.262. The quantitative estimate of drug-likeness (QED) is 0.907. The van der Waals surface area contributed by atoms with Crippen LogP contribution in [0.2, 0.25) is 5.02 Å². The molecule has 0 unspecified atom stereocenters. The predicted octanol–water partition coefficient (Wildman–Crippen LogP) is 2.38. The Morgan fingerprint density at radius 2 is 2.22 bits per heavy atom. The van der Waals surface area contributed by atoms with Crippen LogP contribution in [-0.4, -0.2) is 33.2 Å². The van der Waals surface area contributed by atoms with E-state index in [2.05, 4.69) is 20.8 Å². The minimum atomic E-state index is -0.273. The SMILES string of the molecule is COc1ccc(Cl)cc1C(=O)NCc1nnnn1C1CCCC1. The molecule has 7 nitrogen and oxygen atoms in total. The van der Waals surface area contributed by atoms with E-state index in [1.807, 2.05) is 4.68 Å². The number of nitrogens with zero attached hydrogens (tertiary/aromatic N) is 4. The Balaban J connectivity index is 1.70. The van der Waals surface area contributed by atoms with Gasteiger partial charge in [0.05, 0.1) is 25.3 Å². The number of hydrogen-bond donors (Lipinski definition) is 1. The number of carbonyl (C=O) groups is 1. The number of tetrazole rings is 1. The molecule has 0 spiro atoms. The Morgan fingerprint density at radius 1 is 1.43 bits per heavy atom. The van der Waals surface area contributed by atoms with Crippen LogP contribution in [0, 0.1) is 0 Å². The first-order valence-corrected chi connectivity index (χ1v) is 7.95. The number of carbonyl (C=O) groups excluding carboxylic acids is 1. The molecule has 122 valence electrons. The van der Waals surface area contributed by atoms with Crippen molar-refractivity contribution in [3.63, 3.8) is 0 Å². The first-order valence-electron chi connectivity index (χ1n) is 7.57. The number of halogens is 1. The third-order valence-corrected chi connectivity index (χ3v) is 4.28. The van der Waals surface area contributed by atoms with Gasteiger partial charge in [-0.3, -0.25) is 4.79 Å². The summed E-state index contributed by atoms with van der Waals surface area (Å²) in [5.74, 6) is 0.860. The number of benzene rings is 1. The molecule has 1 aromatic heterocycles. The fourth-order valence-corrected chi connectivity index (χ4v) is 3.05. The molecule has 0 bridgehead atoms. The summed E-state index contributed by atoms with van der Waals surface area (Å²) in [5.41, 5.74) is 0.389. The van der Waals surface area contributed by atoms with Gasteiger partial charge in [0.1, 0.15) is 5.75 Å². The van der Waals surface area contributed by atoms with Gasteiger partial charge in [0.15, 0.2) is 5.82 Å². The van der Waals surface area contributed by atoms with Gasteiger partial charge in [0.2, 0.25) is 0 Å². The number of ether oxygens (including phenoxy) is 1. The van der Waals surface area contributed by atoms with E-state index in [0.717, 1.165) is 12.8 Å². The van der Waals surface area contributed by atoms with Crippen LogP contribution in [0.15, 0.2) is 18.2 Å². The summed E-state index contributed by atoms with van der Waals surface area (Å²) in [6.45, 7) is 0.262. The largest absolute Gasteiger partial charge is 0.496 e. The number of aromatic nitrogens is 4. The van der Waals surface area contributed by atoms with Gasteiger partial charge in [0, 0.05) is 5.02 Å². The average molecular weight is 336 g/mol. The highest BCUT2D eigenvalue weighted by Crippen LogP contribution is 2.29. The summed E-state index contributed by atoms with van der Waals surface area (Å²) in [6.07, 6.45) is 4.54. The van der Waals surface area contributed by atoms with Crippen molar-refractivity contribution in [2.75, 3.05) is 7.11 Å². The molecule has 1 saturated carbocycles. The fourth-order valence-electron chi connectivity index (χ4n) is 2.87. The molecular weight excluding hydrogens is 318 g/mol. The Kier molecular flexibility index (Phi) is 4.76. The molecule has 1 aliphatic carbocycles. The topological polar surface area (TPSA) is 81.9 Å². The van der Waals surface area contributed by atoms with Crippen molar-refractivity contribution >= 4 is 17.5 Å². The summed E-state index contributed by atoms with van der Waals surface area (Å²) in [6, 6.07) is 5.26. The van der Waals surface area contributed by atoms with Gasteiger partial charge in [-0.05, 0) is 41.5 Å². The number of methoxy groups -OCH3 is 1. The van der Waals surface area contributed by atoms with Crippen LogP contribution in [0.25, 0.3) is 0 Å². The van der Waals surface area contributed by atoms with Crippen LogP contribution in [0.4, 0.5) is 0 Å². The highest BCUT2D eigenvalue weighted by molar-refractivity contribution is 6.31. The third-order valence-electron chi connectivity index (χ3n) is 4.04. The maximum absolute atomic E-state index is 12.4. The lowest BCUT2D eigenvalue weighted by molar-refractivity contribution is 0.0946. The van der Waals surface area contributed by atoms with Crippen LogP contribution >= 0.6 is 11.6 Å². The normalized spacial score (nSPS) is 14.9. The van der Waals surface area contributed by atoms with Gasteiger partial charge in [-0.2, -0.15) is 0 Å². The van der Waals surface area contributed by atoms with Crippen molar-refractivity contribution in [3.8, 4) is 5.75 Å². The molecule has 3 rings (SSSR count). The molecule has 0 radical (unpaired) electrons. The molecule has 8 heteroatoms. The number of nitrogens with one attached hydrogen (secondary N) is 1. The Morgan fingerprint density at radius 3 is 2.96 bits per heavy atom. The van der Waals surface area contributed by atoms with Crippen LogP contribution in [0.5, 0.6) is 5.75 Å². The highest BCUT2D eigenvalue weighted by atomic mass is 35.5. The fraction of sp³-hybridized carbons (Fsp3) is 0.467. The maximum Gasteiger partial charge on any atom is 0.255 e. The van der Waals surface area contributed by atoms with Crippen LogP contribution < -0.4 is 10.1 Å². The zero-order valence-corrected chi connectivity index (χ0v) is 13.6. The summed E-state index contributed by atoms with van der Waals surface area (Å²) < 4.78 is 7.02. The molecule has 1 aromatic carbocycles. The van der Waals surface area contributed by atoms with Crippen LogP contribution in [-0.2, 0) is 6.54 Å². The second kappa shape index (κ2) is 6.95. The highest BCUT2D eigenvalue weighted by Gasteiger charge is 2.22. The monoisotopic (exact) mass is 335 g/mol. The summed E-state index contributed by atoms with van der Waals surface area (Å²) in [7, 11) is 1.51. The standard InChI is InChI=1S/C15H18ClN5O2/c1-23-13-7-6-10(16)8-12(13)15(22)17-9-14-18-19-20-21(14)11-4-2-3-5-11/h6-8,11H,2-5,9H2,1H3,(H,17,22). The molecule has 1 fully saturated rings. The molecule has 23 heavy (non-hydrogen) atoms. The summed E-state index contributed by atoms with van der Waals surface area (Å²) in [4.78, 5) is 12.4. The van der Waals surface area contributed by atoms with Crippen molar-refractivity contribution in [2.24, 2.45) is 0 Å². The Labute approximate surface area is 139 Å². The van der Waals surface area contributed by atoms with Gasteiger partial charge in [-0.1, -0.05) is 24.4 Å². The van der Waals surface area contributed by atoms with E-state index in [4.69, 9.17) is 16.3 Å². The Hall–Kier alpha value is -2.15. The number of hydrogen-bond acceptors (Lipinski definition) is 5. The minimum Gasteiger partial charge on any atom is -0.496 e. The second-order valence-electron chi connectivity index (χ2n) is 5.51. The van der Waals surface area contributed by atoms with Crippen LogP contribution in [0.1, 0.15) is 47.9 Å². The van der Waals surface area contributed by atoms with Crippen molar-refractivity contribution in [3.05, 3.63) is 34.6 Å². The molecule has 1 amide bonds. The molecule has 0 saturated heterocycles. The molecule has 1 heterocycles. The van der Waals surface area contributed by atoms with Crippen molar-refractivity contribution in [2.45, 2.75) is 38.3 Å². The molecular formula is C15H18ClN5O2. The van der Waals surface area contributed by atoms with Crippen molar-refractivity contribution in [1.29, 1.82) is 0 Å². The lowest BCUT2D eigenvalue weighted by atomic mass is 10.2.